The number of benzene rings is 2. The van der Waals surface area contributed by atoms with E-state index in [-0.39, 0.29) is 40.8 Å². The summed E-state index contributed by atoms with van der Waals surface area (Å²) in [5, 5.41) is 2.85. The lowest BCUT2D eigenvalue weighted by Crippen LogP contribution is -2.54. The molecule has 2 aromatic carbocycles. The number of nitrogens with zero attached hydrogens (tertiary/aromatic N) is 2. The molecule has 3 aromatic rings. The quantitative estimate of drug-likeness (QED) is 0.317. The lowest BCUT2D eigenvalue weighted by molar-refractivity contribution is -0.145. The van der Waals surface area contributed by atoms with Gasteiger partial charge in [0.05, 0.1) is 10.9 Å². The van der Waals surface area contributed by atoms with Gasteiger partial charge in [-0.1, -0.05) is 42.5 Å². The number of nitrogens with two attached hydrogens (primary N) is 1. The van der Waals surface area contributed by atoms with Gasteiger partial charge in [-0.3, -0.25) is 20.2 Å². The smallest absolute Gasteiger partial charge is 0.255 e. The van der Waals surface area contributed by atoms with Crippen LogP contribution < -0.4 is 16.7 Å². The van der Waals surface area contributed by atoms with Crippen LogP contribution in [0.25, 0.3) is 11.1 Å². The Hall–Kier alpha value is -3.80. The standard InChI is InChI=1S/C28H31N5O5S/c29-33(39(37,38)24-12-8-19(9-13-24)22-14-15-30-26(34)16-22)23-10-6-21(7-11-23)28(36)32-18-27(35)31-17-25(32)20-4-2-1-3-5-20/h1-5,8-9,12-16,21,23,25H,6-7,10-11,17-18,29H2,(H,30,34)(H,31,35)/t21?,23?,25-/m1/s1. The van der Waals surface area contributed by atoms with E-state index in [1.807, 2.05) is 30.3 Å². The topological polar surface area (TPSA) is 146 Å². The van der Waals surface area contributed by atoms with Crippen LogP contribution in [-0.4, -0.2) is 53.7 Å². The molecule has 10 nitrogen and oxygen atoms in total. The molecule has 1 saturated heterocycles. The minimum absolute atomic E-state index is 0.00305. The number of pyridine rings is 1. The van der Waals surface area contributed by atoms with E-state index < -0.39 is 16.1 Å². The van der Waals surface area contributed by atoms with Gasteiger partial charge in [0.15, 0.2) is 0 Å². The summed E-state index contributed by atoms with van der Waals surface area (Å²) < 4.78 is 27.4. The van der Waals surface area contributed by atoms with Gasteiger partial charge in [-0.15, -0.1) is 4.41 Å². The molecule has 2 aliphatic rings. The van der Waals surface area contributed by atoms with Crippen molar-refractivity contribution >= 4 is 21.8 Å². The Morgan fingerprint density at radius 2 is 1.62 bits per heavy atom. The summed E-state index contributed by atoms with van der Waals surface area (Å²) in [6, 6.07) is 18.4. The largest absolute Gasteiger partial charge is 0.352 e. The number of aromatic amines is 1. The molecule has 1 saturated carbocycles. The van der Waals surface area contributed by atoms with Crippen LogP contribution >= 0.6 is 0 Å². The molecule has 5 rings (SSSR count). The van der Waals surface area contributed by atoms with Crippen LogP contribution in [0.4, 0.5) is 0 Å². The molecular formula is C28H31N5O5S. The van der Waals surface area contributed by atoms with Crippen LogP contribution in [0, 0.1) is 5.92 Å². The van der Waals surface area contributed by atoms with Crippen LogP contribution in [0.5, 0.6) is 0 Å². The maximum Gasteiger partial charge on any atom is 0.255 e. The molecule has 0 bridgehead atoms. The third-order valence-corrected chi connectivity index (χ3v) is 9.32. The molecule has 1 aliphatic carbocycles. The van der Waals surface area contributed by atoms with Gasteiger partial charge in [-0.25, -0.2) is 8.42 Å². The number of rotatable bonds is 6. The van der Waals surface area contributed by atoms with E-state index in [2.05, 4.69) is 10.3 Å². The lowest BCUT2D eigenvalue weighted by Gasteiger charge is -2.40. The van der Waals surface area contributed by atoms with Crippen LogP contribution in [0.15, 0.2) is 82.6 Å². The van der Waals surface area contributed by atoms with Gasteiger partial charge in [0, 0.05) is 30.8 Å². The van der Waals surface area contributed by atoms with Crippen LogP contribution in [0.2, 0.25) is 0 Å². The fraction of sp³-hybridized carbons (Fsp3) is 0.321. The van der Waals surface area contributed by atoms with Gasteiger partial charge >= 0.3 is 0 Å². The van der Waals surface area contributed by atoms with Crippen molar-refractivity contribution in [3.63, 3.8) is 0 Å². The molecule has 0 unspecified atom stereocenters. The van der Waals surface area contributed by atoms with Gasteiger partial charge in [-0.2, -0.15) is 0 Å². The van der Waals surface area contributed by atoms with E-state index in [1.165, 1.54) is 24.4 Å². The maximum atomic E-state index is 13.5. The number of hydrogen-bond acceptors (Lipinski definition) is 6. The average molecular weight is 550 g/mol. The van der Waals surface area contributed by atoms with Gasteiger partial charge in [0.25, 0.3) is 10.0 Å². The van der Waals surface area contributed by atoms with Crippen LogP contribution in [0.3, 0.4) is 0 Å². The first-order chi connectivity index (χ1) is 18.7. The molecule has 1 aliphatic heterocycles. The maximum absolute atomic E-state index is 13.5. The summed E-state index contributed by atoms with van der Waals surface area (Å²) in [4.78, 5) is 41.5. The Labute approximate surface area is 226 Å². The number of hydrazine groups is 1. The van der Waals surface area contributed by atoms with Crippen molar-refractivity contribution in [3.8, 4) is 11.1 Å². The van der Waals surface area contributed by atoms with Crippen LogP contribution in [-0.2, 0) is 19.6 Å². The minimum atomic E-state index is -3.96. The summed E-state index contributed by atoms with van der Waals surface area (Å²) >= 11 is 0. The molecule has 39 heavy (non-hydrogen) atoms. The highest BCUT2D eigenvalue weighted by Crippen LogP contribution is 2.33. The normalized spacial score (nSPS) is 21.9. The zero-order chi connectivity index (χ0) is 27.6. The van der Waals surface area contributed by atoms with E-state index in [4.69, 9.17) is 5.84 Å². The Morgan fingerprint density at radius 1 is 0.923 bits per heavy atom. The predicted molar refractivity (Wildman–Crippen MR) is 145 cm³/mol. The van der Waals surface area contributed by atoms with Crippen molar-refractivity contribution in [1.82, 2.24) is 19.6 Å². The van der Waals surface area contributed by atoms with Crippen molar-refractivity contribution in [2.45, 2.75) is 42.7 Å². The molecule has 2 amide bonds. The number of piperazine rings is 1. The fourth-order valence-electron chi connectivity index (χ4n) is 5.42. The average Bonchev–Trinajstić information content (AvgIpc) is 2.97. The van der Waals surface area contributed by atoms with Gasteiger partial charge in [-0.05, 0) is 60.6 Å². The van der Waals surface area contributed by atoms with E-state index in [1.54, 1.807) is 23.1 Å². The summed E-state index contributed by atoms with van der Waals surface area (Å²) in [5.74, 6) is 5.59. The Morgan fingerprint density at radius 3 is 2.28 bits per heavy atom. The molecule has 2 fully saturated rings. The molecule has 11 heteroatoms. The van der Waals surface area contributed by atoms with E-state index in [0.29, 0.717) is 43.4 Å². The highest BCUT2D eigenvalue weighted by molar-refractivity contribution is 7.89. The second kappa shape index (κ2) is 11.1. The summed E-state index contributed by atoms with van der Waals surface area (Å²) in [5.41, 5.74) is 2.10. The van der Waals surface area contributed by atoms with E-state index in [9.17, 15) is 22.8 Å². The van der Waals surface area contributed by atoms with Gasteiger partial charge < -0.3 is 15.2 Å². The number of sulfonamides is 1. The number of H-pyrrole nitrogens is 1. The minimum Gasteiger partial charge on any atom is -0.352 e. The number of carbonyl (C=O) groups is 2. The highest BCUT2D eigenvalue weighted by atomic mass is 32.2. The van der Waals surface area contributed by atoms with Crippen molar-refractivity contribution < 1.29 is 18.0 Å². The summed E-state index contributed by atoms with van der Waals surface area (Å²) in [6.07, 6.45) is 3.37. The number of nitrogens with one attached hydrogen (secondary N) is 2. The highest BCUT2D eigenvalue weighted by Gasteiger charge is 2.39. The van der Waals surface area contributed by atoms with Crippen LogP contribution in [0.1, 0.15) is 37.3 Å². The number of aromatic nitrogens is 1. The van der Waals surface area contributed by atoms with Gasteiger partial charge in [0.1, 0.15) is 6.54 Å². The van der Waals surface area contributed by atoms with Crippen molar-refractivity contribution in [2.24, 2.45) is 11.8 Å². The third kappa shape index (κ3) is 5.65. The summed E-state index contributed by atoms with van der Waals surface area (Å²) in [7, 11) is -3.96. The van der Waals surface area contributed by atoms with Crippen molar-refractivity contribution in [1.29, 1.82) is 0 Å². The molecule has 2 heterocycles. The second-order valence-electron chi connectivity index (χ2n) is 10.0. The van der Waals surface area contributed by atoms with Crippen molar-refractivity contribution in [3.05, 3.63) is 88.8 Å². The molecule has 0 radical (unpaired) electrons. The van der Waals surface area contributed by atoms with Crippen molar-refractivity contribution in [2.75, 3.05) is 13.1 Å². The summed E-state index contributed by atoms with van der Waals surface area (Å²) in [6.45, 7) is 0.362. The number of carbonyl (C=O) groups excluding carboxylic acids is 2. The second-order valence-corrected chi connectivity index (χ2v) is 11.8. The molecule has 1 aromatic heterocycles. The first-order valence-corrected chi connectivity index (χ1v) is 14.4. The molecule has 1 atom stereocenters. The Bertz CT molecular complexity index is 1500. The first-order valence-electron chi connectivity index (χ1n) is 12.9. The number of hydrogen-bond donors (Lipinski definition) is 3. The SMILES string of the molecule is NN(C1CCC(C(=O)N2CC(=O)NC[C@@H]2c2ccccc2)CC1)S(=O)(=O)c1ccc(-c2cc[nH]c(=O)c2)cc1. The zero-order valence-corrected chi connectivity index (χ0v) is 22.1. The molecular weight excluding hydrogens is 518 g/mol. The predicted octanol–water partition coefficient (Wildman–Crippen LogP) is 2.16. The Kier molecular flexibility index (Phi) is 7.65. The monoisotopic (exact) mass is 549 g/mol. The Balaban J connectivity index is 1.24. The third-order valence-electron chi connectivity index (χ3n) is 7.59. The van der Waals surface area contributed by atoms with Gasteiger partial charge in [0.2, 0.25) is 17.4 Å². The molecule has 4 N–H and O–H groups in total. The molecule has 204 valence electrons. The van der Waals surface area contributed by atoms with E-state index >= 15 is 0 Å². The fourth-order valence-corrected chi connectivity index (χ4v) is 6.75. The number of amides is 2. The zero-order valence-electron chi connectivity index (χ0n) is 21.3. The molecule has 0 spiro atoms. The first kappa shape index (κ1) is 26.8. The lowest BCUT2D eigenvalue weighted by atomic mass is 9.84. The van der Waals surface area contributed by atoms with E-state index in [0.717, 1.165) is 9.98 Å².